The molecule has 0 saturated heterocycles. The van der Waals surface area contributed by atoms with Gasteiger partial charge in [-0.3, -0.25) is 0 Å². The fourth-order valence-corrected chi connectivity index (χ4v) is 5.14. The fourth-order valence-electron chi connectivity index (χ4n) is 4.69. The zero-order valence-electron chi connectivity index (χ0n) is 25.4. The van der Waals surface area contributed by atoms with Gasteiger partial charge in [-0.2, -0.15) is 9.97 Å². The Hall–Kier alpha value is -3.56. The highest BCUT2D eigenvalue weighted by atomic mass is 35.5. The van der Waals surface area contributed by atoms with E-state index in [1.807, 2.05) is 30.3 Å². The highest BCUT2D eigenvalue weighted by molar-refractivity contribution is 6.32. The lowest BCUT2D eigenvalue weighted by molar-refractivity contribution is 0.285. The largest absolute Gasteiger partial charge is 0.481 e. The van der Waals surface area contributed by atoms with E-state index in [2.05, 4.69) is 55.1 Å². The van der Waals surface area contributed by atoms with Gasteiger partial charge in [0.1, 0.15) is 23.3 Å². The molecule has 8 nitrogen and oxygen atoms in total. The Labute approximate surface area is 263 Å². The molecule has 4 rings (SSSR count). The van der Waals surface area contributed by atoms with Crippen LogP contribution in [0.3, 0.4) is 0 Å². The molecule has 0 atom stereocenters. The van der Waals surface area contributed by atoms with Crippen LogP contribution in [-0.4, -0.2) is 30.2 Å². The minimum absolute atomic E-state index is 0.265. The molecule has 43 heavy (non-hydrogen) atoms. The number of nitrogens with two attached hydrogens (primary N) is 1. The lowest BCUT2D eigenvalue weighted by atomic mass is 9.92. The molecular formula is C33H38Cl2N4O4. The van der Waals surface area contributed by atoms with Crippen molar-refractivity contribution in [2.45, 2.75) is 60.0 Å². The minimum atomic E-state index is 0.265. The summed E-state index contributed by atoms with van der Waals surface area (Å²) in [6, 6.07) is 16.2. The first-order valence-corrected chi connectivity index (χ1v) is 14.8. The molecule has 0 aliphatic carbocycles. The Balaban J connectivity index is 1.53. The maximum atomic E-state index is 6.55. The highest BCUT2D eigenvalue weighted by Crippen LogP contribution is 2.34. The van der Waals surface area contributed by atoms with Crippen LogP contribution in [0.5, 0.6) is 23.5 Å². The van der Waals surface area contributed by atoms with Crippen LogP contribution in [0.1, 0.15) is 47.2 Å². The van der Waals surface area contributed by atoms with Crippen LogP contribution < -0.4 is 30.0 Å². The molecule has 0 aliphatic rings. The number of hydrogen-bond acceptors (Lipinski definition) is 8. The van der Waals surface area contributed by atoms with Gasteiger partial charge in [-0.1, -0.05) is 73.4 Å². The molecular weight excluding hydrogens is 587 g/mol. The number of nitrogens with one attached hydrogen (secondary N) is 1. The first-order chi connectivity index (χ1) is 20.7. The number of hydrogen-bond donors (Lipinski definition) is 2. The number of halogens is 2. The topological polar surface area (TPSA) is 101 Å². The molecule has 0 bridgehead atoms. The second-order valence-corrected chi connectivity index (χ2v) is 11.2. The molecule has 4 aromatic rings. The molecule has 228 valence electrons. The average molecular weight is 626 g/mol. The summed E-state index contributed by atoms with van der Waals surface area (Å²) in [5.74, 6) is 1.51. The van der Waals surface area contributed by atoms with Crippen molar-refractivity contribution in [1.29, 1.82) is 0 Å². The number of methoxy groups -OCH3 is 2. The maximum absolute atomic E-state index is 6.55. The molecule has 2 aromatic carbocycles. The first-order valence-electron chi connectivity index (χ1n) is 14.0. The van der Waals surface area contributed by atoms with Crippen molar-refractivity contribution < 1.29 is 18.9 Å². The van der Waals surface area contributed by atoms with Gasteiger partial charge in [0, 0.05) is 30.3 Å². The first kappa shape index (κ1) is 32.4. The summed E-state index contributed by atoms with van der Waals surface area (Å²) in [6.45, 7) is 9.76. The summed E-state index contributed by atoms with van der Waals surface area (Å²) in [7, 11) is 3.13. The molecule has 2 aromatic heterocycles. The molecule has 10 heteroatoms. The van der Waals surface area contributed by atoms with Crippen molar-refractivity contribution in [1.82, 2.24) is 15.3 Å². The summed E-state index contributed by atoms with van der Waals surface area (Å²) in [6.07, 6.45) is 0. The van der Waals surface area contributed by atoms with E-state index in [-0.39, 0.29) is 13.2 Å². The van der Waals surface area contributed by atoms with Crippen LogP contribution in [0.15, 0.2) is 48.5 Å². The molecule has 0 aliphatic heterocycles. The quantitative estimate of drug-likeness (QED) is 0.161. The van der Waals surface area contributed by atoms with Gasteiger partial charge in [0.2, 0.25) is 23.5 Å². The summed E-state index contributed by atoms with van der Waals surface area (Å²) in [4.78, 5) is 8.93. The molecule has 2 heterocycles. The third-order valence-corrected chi connectivity index (χ3v) is 7.73. The third-order valence-electron chi connectivity index (χ3n) is 7.18. The molecule has 0 unspecified atom stereocenters. The Morgan fingerprint density at radius 3 is 1.63 bits per heavy atom. The second kappa shape index (κ2) is 14.8. The lowest BCUT2D eigenvalue weighted by Crippen LogP contribution is -2.22. The van der Waals surface area contributed by atoms with E-state index in [4.69, 9.17) is 47.9 Å². The Morgan fingerprint density at radius 2 is 1.19 bits per heavy atom. The third kappa shape index (κ3) is 7.70. The maximum Gasteiger partial charge on any atom is 0.236 e. The van der Waals surface area contributed by atoms with Crippen LogP contribution in [0.2, 0.25) is 10.0 Å². The minimum Gasteiger partial charge on any atom is -0.481 e. The van der Waals surface area contributed by atoms with E-state index in [0.717, 1.165) is 38.9 Å². The Morgan fingerprint density at radius 1 is 0.721 bits per heavy atom. The highest BCUT2D eigenvalue weighted by Gasteiger charge is 2.17. The Bertz CT molecular complexity index is 1580. The van der Waals surface area contributed by atoms with Gasteiger partial charge in [0.05, 0.1) is 14.2 Å². The molecule has 0 fully saturated rings. The zero-order chi connectivity index (χ0) is 31.1. The van der Waals surface area contributed by atoms with E-state index >= 15 is 0 Å². The predicted octanol–water partition coefficient (Wildman–Crippen LogP) is 7.20. The van der Waals surface area contributed by atoms with Crippen molar-refractivity contribution in [3.63, 3.8) is 0 Å². The number of nitrogens with zero attached hydrogens (tertiary/aromatic N) is 2. The van der Waals surface area contributed by atoms with Gasteiger partial charge >= 0.3 is 0 Å². The molecule has 0 radical (unpaired) electrons. The van der Waals surface area contributed by atoms with Crippen LogP contribution in [0.4, 0.5) is 0 Å². The summed E-state index contributed by atoms with van der Waals surface area (Å²) in [5.41, 5.74) is 13.8. The van der Waals surface area contributed by atoms with E-state index in [0.29, 0.717) is 58.3 Å². The van der Waals surface area contributed by atoms with Crippen molar-refractivity contribution in [3.05, 3.63) is 92.0 Å². The van der Waals surface area contributed by atoms with E-state index in [1.54, 1.807) is 20.3 Å². The summed E-state index contributed by atoms with van der Waals surface area (Å²) < 4.78 is 23.0. The van der Waals surface area contributed by atoms with Crippen LogP contribution in [-0.2, 0) is 26.3 Å². The summed E-state index contributed by atoms with van der Waals surface area (Å²) in [5, 5.41) is 4.18. The average Bonchev–Trinajstić information content (AvgIpc) is 3.00. The standard InChI is InChI=1S/C33H38Cl2N4O4/c1-19(2)37-16-25-14-29(35)33(39-31(25)41-6)43-18-23-10-8-12-27(21(23)4)26-11-7-9-22(20(26)3)17-42-32-28(34)13-24(15-36)30(38-32)40-5/h7-14,19,37H,15-18,36H2,1-6H3. The predicted molar refractivity (Wildman–Crippen MR) is 171 cm³/mol. The van der Waals surface area contributed by atoms with Gasteiger partial charge in [-0.25, -0.2) is 0 Å². The molecule has 3 N–H and O–H groups in total. The molecule has 0 saturated carbocycles. The smallest absolute Gasteiger partial charge is 0.236 e. The number of benzene rings is 2. The number of aromatic nitrogens is 2. The van der Waals surface area contributed by atoms with Crippen molar-refractivity contribution in [3.8, 4) is 34.6 Å². The van der Waals surface area contributed by atoms with Gasteiger partial charge in [-0.05, 0) is 59.4 Å². The summed E-state index contributed by atoms with van der Waals surface area (Å²) >= 11 is 13.0. The molecule has 0 amide bonds. The normalized spacial score (nSPS) is 11.1. The monoisotopic (exact) mass is 624 g/mol. The SMILES string of the molecule is COc1nc(OCc2cccc(-c3cccc(COc4nc(OC)c(CNC(C)C)cc4Cl)c3C)c2C)c(Cl)cc1CN. The van der Waals surface area contributed by atoms with E-state index in [9.17, 15) is 0 Å². The number of pyridine rings is 2. The van der Waals surface area contributed by atoms with E-state index < -0.39 is 0 Å². The van der Waals surface area contributed by atoms with Crippen molar-refractivity contribution >= 4 is 23.2 Å². The lowest BCUT2D eigenvalue weighted by Gasteiger charge is -2.17. The van der Waals surface area contributed by atoms with Crippen molar-refractivity contribution in [2.75, 3.05) is 14.2 Å². The Kier molecular flexibility index (Phi) is 11.1. The zero-order valence-corrected chi connectivity index (χ0v) is 26.9. The fraction of sp³-hybridized carbons (Fsp3) is 0.333. The second-order valence-electron chi connectivity index (χ2n) is 10.4. The number of ether oxygens (including phenoxy) is 4. The van der Waals surface area contributed by atoms with Crippen LogP contribution in [0, 0.1) is 13.8 Å². The van der Waals surface area contributed by atoms with Crippen molar-refractivity contribution in [2.24, 2.45) is 5.73 Å². The van der Waals surface area contributed by atoms with Gasteiger partial charge in [0.15, 0.2) is 0 Å². The van der Waals surface area contributed by atoms with Crippen LogP contribution >= 0.6 is 23.2 Å². The van der Waals surface area contributed by atoms with Crippen LogP contribution in [0.25, 0.3) is 11.1 Å². The molecule has 0 spiro atoms. The van der Waals surface area contributed by atoms with Gasteiger partial charge < -0.3 is 30.0 Å². The van der Waals surface area contributed by atoms with Gasteiger partial charge in [-0.15, -0.1) is 0 Å². The van der Waals surface area contributed by atoms with Gasteiger partial charge in [0.25, 0.3) is 0 Å². The van der Waals surface area contributed by atoms with E-state index in [1.165, 1.54) is 0 Å². The number of rotatable bonds is 13.